The Bertz CT molecular complexity index is 824. The van der Waals surface area contributed by atoms with E-state index in [0.717, 1.165) is 5.69 Å². The maximum absolute atomic E-state index is 12.4. The largest absolute Gasteiger partial charge is 0.497 e. The van der Waals surface area contributed by atoms with Gasteiger partial charge in [-0.2, -0.15) is 0 Å². The van der Waals surface area contributed by atoms with Crippen molar-refractivity contribution in [3.63, 3.8) is 0 Å². The van der Waals surface area contributed by atoms with Crippen LogP contribution in [0.25, 0.3) is 0 Å². The quantitative estimate of drug-likeness (QED) is 0.855. The zero-order valence-electron chi connectivity index (χ0n) is 14.0. The van der Waals surface area contributed by atoms with Crippen molar-refractivity contribution in [2.24, 2.45) is 0 Å². The van der Waals surface area contributed by atoms with Crippen LogP contribution in [0.4, 0.5) is 11.6 Å². The number of aromatic nitrogens is 2. The van der Waals surface area contributed by atoms with E-state index < -0.39 is 0 Å². The number of nitrogens with zero attached hydrogens (tertiary/aromatic N) is 3. The average molecular weight is 341 g/mol. The summed E-state index contributed by atoms with van der Waals surface area (Å²) in [7, 11) is 1.57. The Hall–Kier alpha value is -3.16. The molecular formula is C17H19N5O3. The van der Waals surface area contributed by atoms with Crippen LogP contribution in [0.15, 0.2) is 30.5 Å². The molecule has 3 rings (SSSR count). The van der Waals surface area contributed by atoms with E-state index in [2.05, 4.69) is 15.3 Å². The van der Waals surface area contributed by atoms with E-state index in [0.29, 0.717) is 23.6 Å². The molecule has 25 heavy (non-hydrogen) atoms. The summed E-state index contributed by atoms with van der Waals surface area (Å²) in [4.78, 5) is 34.2. The van der Waals surface area contributed by atoms with Gasteiger partial charge in [-0.05, 0) is 19.1 Å². The molecule has 1 fully saturated rings. The summed E-state index contributed by atoms with van der Waals surface area (Å²) in [5.74, 6) is 0.424. The number of aryl methyl sites for hydroxylation is 1. The number of carbonyl (C=O) groups is 2. The maximum atomic E-state index is 12.4. The van der Waals surface area contributed by atoms with Gasteiger partial charge in [0.15, 0.2) is 0 Å². The first-order chi connectivity index (χ1) is 12.0. The highest BCUT2D eigenvalue weighted by atomic mass is 16.5. The summed E-state index contributed by atoms with van der Waals surface area (Å²) in [6.45, 7) is 2.09. The Morgan fingerprint density at radius 1 is 1.44 bits per heavy atom. The first-order valence-electron chi connectivity index (χ1n) is 7.82. The molecule has 0 bridgehead atoms. The summed E-state index contributed by atoms with van der Waals surface area (Å²) >= 11 is 0. The molecule has 2 amide bonds. The first kappa shape index (κ1) is 16.7. The summed E-state index contributed by atoms with van der Waals surface area (Å²) < 4.78 is 5.19. The lowest BCUT2D eigenvalue weighted by atomic mass is 10.2. The number of rotatable bonds is 4. The van der Waals surface area contributed by atoms with Crippen molar-refractivity contribution in [2.45, 2.75) is 19.4 Å². The molecule has 0 saturated carbocycles. The molecule has 0 spiro atoms. The Balaban J connectivity index is 1.71. The second kappa shape index (κ2) is 6.76. The van der Waals surface area contributed by atoms with Gasteiger partial charge in [0.1, 0.15) is 5.75 Å². The number of hydrogen-bond acceptors (Lipinski definition) is 6. The summed E-state index contributed by atoms with van der Waals surface area (Å²) in [5.41, 5.74) is 7.09. The van der Waals surface area contributed by atoms with Gasteiger partial charge in [0.2, 0.25) is 11.9 Å². The van der Waals surface area contributed by atoms with Gasteiger partial charge in [-0.25, -0.2) is 9.97 Å². The fourth-order valence-electron chi connectivity index (χ4n) is 2.80. The SMILES string of the molecule is COc1cccc(N2CC(NC(=O)c3cnc(N)nc3C)CC2=O)c1. The van der Waals surface area contributed by atoms with Gasteiger partial charge in [-0.1, -0.05) is 6.07 Å². The molecule has 1 aliphatic heterocycles. The average Bonchev–Trinajstić information content (AvgIpc) is 2.95. The smallest absolute Gasteiger partial charge is 0.254 e. The van der Waals surface area contributed by atoms with Crippen molar-refractivity contribution in [1.82, 2.24) is 15.3 Å². The Labute approximate surface area is 145 Å². The summed E-state index contributed by atoms with van der Waals surface area (Å²) in [6.07, 6.45) is 1.63. The molecule has 1 aromatic heterocycles. The molecule has 0 radical (unpaired) electrons. The second-order valence-electron chi connectivity index (χ2n) is 5.81. The number of nitrogen functional groups attached to an aromatic ring is 1. The highest BCUT2D eigenvalue weighted by Crippen LogP contribution is 2.25. The number of benzene rings is 1. The number of amides is 2. The van der Waals surface area contributed by atoms with Crippen LogP contribution in [0.5, 0.6) is 5.75 Å². The molecule has 1 saturated heterocycles. The van der Waals surface area contributed by atoms with Crippen LogP contribution >= 0.6 is 0 Å². The molecule has 0 aliphatic carbocycles. The number of nitrogens with one attached hydrogen (secondary N) is 1. The summed E-state index contributed by atoms with van der Waals surface area (Å²) in [6, 6.07) is 6.97. The highest BCUT2D eigenvalue weighted by molar-refractivity contribution is 5.99. The predicted molar refractivity (Wildman–Crippen MR) is 92.4 cm³/mol. The lowest BCUT2D eigenvalue weighted by Crippen LogP contribution is -2.37. The standard InChI is InChI=1S/C17H19N5O3/c1-10-14(8-19-17(18)20-10)16(24)21-11-6-15(23)22(9-11)12-4-3-5-13(7-12)25-2/h3-5,7-8,11H,6,9H2,1-2H3,(H,21,24)(H2,18,19,20). The van der Waals surface area contributed by atoms with Gasteiger partial charge in [-0.15, -0.1) is 0 Å². The van der Waals surface area contributed by atoms with E-state index in [1.165, 1.54) is 6.20 Å². The third kappa shape index (κ3) is 3.52. The fourth-order valence-corrected chi connectivity index (χ4v) is 2.80. The van der Waals surface area contributed by atoms with Gasteiger partial charge >= 0.3 is 0 Å². The van der Waals surface area contributed by atoms with Crippen LogP contribution < -0.4 is 20.7 Å². The number of anilines is 2. The van der Waals surface area contributed by atoms with Crippen molar-refractivity contribution < 1.29 is 14.3 Å². The molecule has 8 nitrogen and oxygen atoms in total. The molecule has 3 N–H and O–H groups in total. The van der Waals surface area contributed by atoms with Crippen LogP contribution in [0.3, 0.4) is 0 Å². The van der Waals surface area contributed by atoms with Crippen LogP contribution in [-0.4, -0.2) is 41.5 Å². The minimum atomic E-state index is -0.317. The van der Waals surface area contributed by atoms with Crippen LogP contribution in [0, 0.1) is 6.92 Å². The van der Waals surface area contributed by atoms with Gasteiger partial charge in [-0.3, -0.25) is 9.59 Å². The molecule has 1 aliphatic rings. The van der Waals surface area contributed by atoms with E-state index in [1.807, 2.05) is 18.2 Å². The lowest BCUT2D eigenvalue weighted by Gasteiger charge is -2.18. The lowest BCUT2D eigenvalue weighted by molar-refractivity contribution is -0.117. The number of methoxy groups -OCH3 is 1. The Kier molecular flexibility index (Phi) is 4.51. The number of hydrogen-bond donors (Lipinski definition) is 2. The van der Waals surface area contributed by atoms with Gasteiger partial charge in [0.25, 0.3) is 5.91 Å². The topological polar surface area (TPSA) is 110 Å². The first-order valence-corrected chi connectivity index (χ1v) is 7.82. The fraction of sp³-hybridized carbons (Fsp3) is 0.294. The van der Waals surface area contributed by atoms with E-state index in [4.69, 9.17) is 10.5 Å². The van der Waals surface area contributed by atoms with E-state index in [1.54, 1.807) is 25.0 Å². The molecule has 8 heteroatoms. The van der Waals surface area contributed by atoms with Crippen molar-refractivity contribution in [1.29, 1.82) is 0 Å². The predicted octanol–water partition coefficient (Wildman–Crippen LogP) is 0.911. The molecule has 2 aromatic rings. The monoisotopic (exact) mass is 341 g/mol. The molecule has 130 valence electrons. The van der Waals surface area contributed by atoms with Gasteiger partial charge in [0.05, 0.1) is 24.4 Å². The zero-order valence-corrected chi connectivity index (χ0v) is 14.0. The maximum Gasteiger partial charge on any atom is 0.254 e. The van der Waals surface area contributed by atoms with Gasteiger partial charge in [0, 0.05) is 30.9 Å². The third-order valence-electron chi connectivity index (χ3n) is 4.07. The van der Waals surface area contributed by atoms with E-state index in [9.17, 15) is 9.59 Å². The van der Waals surface area contributed by atoms with Gasteiger partial charge < -0.3 is 20.7 Å². The van der Waals surface area contributed by atoms with Crippen molar-refractivity contribution in [3.8, 4) is 5.75 Å². The van der Waals surface area contributed by atoms with Crippen LogP contribution in [-0.2, 0) is 4.79 Å². The number of carbonyl (C=O) groups excluding carboxylic acids is 2. The molecule has 1 unspecified atom stereocenters. The summed E-state index contributed by atoms with van der Waals surface area (Å²) in [5, 5.41) is 2.86. The zero-order chi connectivity index (χ0) is 18.0. The molecule has 1 aromatic carbocycles. The van der Waals surface area contributed by atoms with Crippen molar-refractivity contribution in [2.75, 3.05) is 24.3 Å². The Morgan fingerprint density at radius 2 is 2.24 bits per heavy atom. The molecule has 1 atom stereocenters. The van der Waals surface area contributed by atoms with E-state index in [-0.39, 0.29) is 30.2 Å². The minimum Gasteiger partial charge on any atom is -0.497 e. The Morgan fingerprint density at radius 3 is 2.96 bits per heavy atom. The van der Waals surface area contributed by atoms with E-state index >= 15 is 0 Å². The normalized spacial score (nSPS) is 16.8. The highest BCUT2D eigenvalue weighted by Gasteiger charge is 2.32. The second-order valence-corrected chi connectivity index (χ2v) is 5.81. The van der Waals surface area contributed by atoms with Crippen LogP contribution in [0.1, 0.15) is 22.5 Å². The molecular weight excluding hydrogens is 322 g/mol. The number of ether oxygens (including phenoxy) is 1. The van der Waals surface area contributed by atoms with Crippen LogP contribution in [0.2, 0.25) is 0 Å². The van der Waals surface area contributed by atoms with Crippen molar-refractivity contribution >= 4 is 23.5 Å². The minimum absolute atomic E-state index is 0.0520. The van der Waals surface area contributed by atoms with Crippen molar-refractivity contribution in [3.05, 3.63) is 41.7 Å². The number of nitrogens with two attached hydrogens (primary N) is 1. The molecule has 2 heterocycles. The third-order valence-corrected chi connectivity index (χ3v) is 4.07.